The van der Waals surface area contributed by atoms with E-state index in [0.29, 0.717) is 16.6 Å². The molecule has 0 saturated heterocycles. The van der Waals surface area contributed by atoms with Crippen LogP contribution in [0, 0.1) is 5.82 Å². The number of amides is 1. The van der Waals surface area contributed by atoms with Crippen LogP contribution < -0.4 is 10.1 Å². The maximum Gasteiger partial charge on any atom is 0.251 e. The van der Waals surface area contributed by atoms with Crippen LogP contribution in [0.15, 0.2) is 46.9 Å². The number of methoxy groups -OCH3 is 1. The molecule has 0 aromatic heterocycles. The SMILES string of the molecule is COc1ccc(CNC(=O)c2ccc(Br)c(F)c2)cc1. The lowest BCUT2D eigenvalue weighted by molar-refractivity contribution is 0.0950. The molecule has 0 bridgehead atoms. The van der Waals surface area contributed by atoms with Crippen LogP contribution in [0.3, 0.4) is 0 Å². The van der Waals surface area contributed by atoms with E-state index in [0.717, 1.165) is 11.3 Å². The Bertz CT molecular complexity index is 614. The number of nitrogens with one attached hydrogen (secondary N) is 1. The summed E-state index contributed by atoms with van der Waals surface area (Å²) in [5.74, 6) is -0.00984. The van der Waals surface area contributed by atoms with Crippen molar-refractivity contribution in [1.82, 2.24) is 5.32 Å². The molecule has 0 radical (unpaired) electrons. The molecule has 0 spiro atoms. The molecule has 0 aliphatic heterocycles. The summed E-state index contributed by atoms with van der Waals surface area (Å²) < 4.78 is 18.7. The minimum Gasteiger partial charge on any atom is -0.497 e. The number of carbonyl (C=O) groups is 1. The van der Waals surface area contributed by atoms with Gasteiger partial charge in [-0.05, 0) is 51.8 Å². The summed E-state index contributed by atoms with van der Waals surface area (Å²) in [6, 6.07) is 11.6. The quantitative estimate of drug-likeness (QED) is 0.926. The van der Waals surface area contributed by atoms with Crippen molar-refractivity contribution in [2.45, 2.75) is 6.54 Å². The smallest absolute Gasteiger partial charge is 0.251 e. The topological polar surface area (TPSA) is 38.3 Å². The highest BCUT2D eigenvalue weighted by molar-refractivity contribution is 9.10. The number of ether oxygens (including phenoxy) is 1. The molecule has 1 amide bonds. The van der Waals surface area contributed by atoms with Crippen LogP contribution >= 0.6 is 15.9 Å². The summed E-state index contributed by atoms with van der Waals surface area (Å²) in [5.41, 5.74) is 1.23. The van der Waals surface area contributed by atoms with Gasteiger partial charge in [0.15, 0.2) is 0 Å². The van der Waals surface area contributed by atoms with Crippen LogP contribution in [0.25, 0.3) is 0 Å². The maximum atomic E-state index is 13.3. The van der Waals surface area contributed by atoms with Gasteiger partial charge in [0.25, 0.3) is 5.91 Å². The molecule has 5 heteroatoms. The molecule has 104 valence electrons. The van der Waals surface area contributed by atoms with Crippen molar-refractivity contribution in [3.05, 3.63) is 63.9 Å². The largest absolute Gasteiger partial charge is 0.497 e. The van der Waals surface area contributed by atoms with E-state index >= 15 is 0 Å². The van der Waals surface area contributed by atoms with E-state index < -0.39 is 5.82 Å². The highest BCUT2D eigenvalue weighted by Gasteiger charge is 2.08. The maximum absolute atomic E-state index is 13.3. The Labute approximate surface area is 124 Å². The lowest BCUT2D eigenvalue weighted by Crippen LogP contribution is -2.22. The van der Waals surface area contributed by atoms with Crippen LogP contribution in [0.1, 0.15) is 15.9 Å². The summed E-state index contributed by atoms with van der Waals surface area (Å²) in [7, 11) is 1.60. The number of rotatable bonds is 4. The first-order valence-corrected chi connectivity index (χ1v) is 6.75. The van der Waals surface area contributed by atoms with Crippen molar-refractivity contribution in [3.8, 4) is 5.75 Å². The molecule has 20 heavy (non-hydrogen) atoms. The lowest BCUT2D eigenvalue weighted by Gasteiger charge is -2.07. The first kappa shape index (κ1) is 14.5. The molecule has 3 nitrogen and oxygen atoms in total. The minimum atomic E-state index is -0.456. The first-order chi connectivity index (χ1) is 9.60. The Balaban J connectivity index is 1.98. The normalized spacial score (nSPS) is 10.2. The molecule has 2 rings (SSSR count). The molecule has 2 aromatic carbocycles. The van der Waals surface area contributed by atoms with Gasteiger partial charge in [0.2, 0.25) is 0 Å². The van der Waals surface area contributed by atoms with Crippen molar-refractivity contribution in [2.24, 2.45) is 0 Å². The summed E-state index contributed by atoms with van der Waals surface area (Å²) in [5, 5.41) is 2.74. The third-order valence-electron chi connectivity index (χ3n) is 2.79. The Kier molecular flexibility index (Phi) is 4.74. The summed E-state index contributed by atoms with van der Waals surface area (Å²) in [6.45, 7) is 0.376. The second-order valence-corrected chi connectivity index (χ2v) is 5.01. The van der Waals surface area contributed by atoms with Crippen molar-refractivity contribution >= 4 is 21.8 Å². The zero-order valence-electron chi connectivity index (χ0n) is 10.8. The van der Waals surface area contributed by atoms with Gasteiger partial charge in [-0.15, -0.1) is 0 Å². The molecular formula is C15H13BrFNO2. The summed E-state index contributed by atoms with van der Waals surface area (Å²) in [4.78, 5) is 11.9. The minimum absolute atomic E-state index is 0.291. The van der Waals surface area contributed by atoms with Crippen molar-refractivity contribution < 1.29 is 13.9 Å². The van der Waals surface area contributed by atoms with Gasteiger partial charge < -0.3 is 10.1 Å². The third kappa shape index (κ3) is 3.57. The summed E-state index contributed by atoms with van der Waals surface area (Å²) >= 11 is 3.05. The molecule has 0 fully saturated rings. The van der Waals surface area contributed by atoms with Gasteiger partial charge in [-0.3, -0.25) is 4.79 Å². The van der Waals surface area contributed by atoms with Crippen molar-refractivity contribution in [3.63, 3.8) is 0 Å². The van der Waals surface area contributed by atoms with Gasteiger partial charge in [-0.2, -0.15) is 0 Å². The number of halogens is 2. The van der Waals surface area contributed by atoms with E-state index in [1.54, 1.807) is 13.2 Å². The zero-order valence-corrected chi connectivity index (χ0v) is 12.4. The van der Waals surface area contributed by atoms with Gasteiger partial charge in [0.1, 0.15) is 11.6 Å². The molecule has 1 N–H and O–H groups in total. The first-order valence-electron chi connectivity index (χ1n) is 5.96. The molecular weight excluding hydrogens is 325 g/mol. The number of hydrogen-bond donors (Lipinski definition) is 1. The fourth-order valence-corrected chi connectivity index (χ4v) is 1.91. The second-order valence-electron chi connectivity index (χ2n) is 4.16. The monoisotopic (exact) mass is 337 g/mol. The van der Waals surface area contributed by atoms with E-state index in [4.69, 9.17) is 4.74 Å². The van der Waals surface area contributed by atoms with Crippen molar-refractivity contribution in [1.29, 1.82) is 0 Å². The van der Waals surface area contributed by atoms with Gasteiger partial charge in [0, 0.05) is 12.1 Å². The second kappa shape index (κ2) is 6.52. The van der Waals surface area contributed by atoms with Gasteiger partial charge in [0.05, 0.1) is 11.6 Å². The molecule has 2 aromatic rings. The molecule has 0 atom stereocenters. The van der Waals surface area contributed by atoms with E-state index in [1.165, 1.54) is 12.1 Å². The predicted octanol–water partition coefficient (Wildman–Crippen LogP) is 3.53. The van der Waals surface area contributed by atoms with Crippen LogP contribution in [-0.2, 0) is 6.54 Å². The van der Waals surface area contributed by atoms with E-state index in [2.05, 4.69) is 21.2 Å². The molecule has 0 saturated carbocycles. The predicted molar refractivity (Wildman–Crippen MR) is 78.3 cm³/mol. The Morgan fingerprint density at radius 3 is 2.55 bits per heavy atom. The fourth-order valence-electron chi connectivity index (χ4n) is 1.67. The average Bonchev–Trinajstić information content (AvgIpc) is 2.48. The van der Waals surface area contributed by atoms with Gasteiger partial charge >= 0.3 is 0 Å². The zero-order chi connectivity index (χ0) is 14.5. The summed E-state index contributed by atoms with van der Waals surface area (Å²) in [6.07, 6.45) is 0. The van der Waals surface area contributed by atoms with Gasteiger partial charge in [-0.25, -0.2) is 4.39 Å². The standard InChI is InChI=1S/C15H13BrFNO2/c1-20-12-5-2-10(3-6-12)9-18-15(19)11-4-7-13(16)14(17)8-11/h2-8H,9H2,1H3,(H,18,19). The van der Waals surface area contributed by atoms with Crippen LogP contribution in [-0.4, -0.2) is 13.0 Å². The van der Waals surface area contributed by atoms with E-state index in [1.807, 2.05) is 24.3 Å². The third-order valence-corrected chi connectivity index (χ3v) is 3.44. The number of hydrogen-bond acceptors (Lipinski definition) is 2. The molecule has 0 heterocycles. The Morgan fingerprint density at radius 1 is 1.25 bits per heavy atom. The Morgan fingerprint density at radius 2 is 1.95 bits per heavy atom. The average molecular weight is 338 g/mol. The number of carbonyl (C=O) groups excluding carboxylic acids is 1. The lowest BCUT2D eigenvalue weighted by atomic mass is 10.2. The van der Waals surface area contributed by atoms with E-state index in [9.17, 15) is 9.18 Å². The molecule has 0 aliphatic rings. The van der Waals surface area contributed by atoms with Crippen molar-refractivity contribution in [2.75, 3.05) is 7.11 Å². The number of benzene rings is 2. The molecule has 0 unspecified atom stereocenters. The van der Waals surface area contributed by atoms with E-state index in [-0.39, 0.29) is 5.91 Å². The van der Waals surface area contributed by atoms with Crippen LogP contribution in [0.5, 0.6) is 5.75 Å². The fraction of sp³-hybridized carbons (Fsp3) is 0.133. The van der Waals surface area contributed by atoms with Crippen LogP contribution in [0.4, 0.5) is 4.39 Å². The molecule has 0 aliphatic carbocycles. The highest BCUT2D eigenvalue weighted by Crippen LogP contribution is 2.16. The van der Waals surface area contributed by atoms with Crippen LogP contribution in [0.2, 0.25) is 0 Å². The van der Waals surface area contributed by atoms with Gasteiger partial charge in [-0.1, -0.05) is 12.1 Å². The highest BCUT2D eigenvalue weighted by atomic mass is 79.9. The Hall–Kier alpha value is -1.88.